The van der Waals surface area contributed by atoms with E-state index in [0.29, 0.717) is 11.0 Å². The third-order valence-electron chi connectivity index (χ3n) is 1.77. The molecule has 0 aliphatic heterocycles. The fourth-order valence-electron chi connectivity index (χ4n) is 1.13. The van der Waals surface area contributed by atoms with E-state index >= 15 is 0 Å². The molecule has 1 N–H and O–H groups in total. The van der Waals surface area contributed by atoms with Crippen LogP contribution in [0.3, 0.4) is 0 Å². The number of nitrogens with one attached hydrogen (secondary N) is 1. The Hall–Kier alpha value is -0.980. The number of terminal acetylenes is 1. The highest BCUT2D eigenvalue weighted by molar-refractivity contribution is 6.32. The average molecular weight is 244 g/mol. The molecule has 1 heterocycles. The molecule has 1 aromatic heterocycles. The second-order valence-electron chi connectivity index (χ2n) is 3.00. The Morgan fingerprint density at radius 3 is 2.80 bits per heavy atom. The number of aromatic nitrogens is 2. The fourth-order valence-corrected chi connectivity index (χ4v) is 1.54. The molecule has 0 bridgehead atoms. The van der Waals surface area contributed by atoms with Gasteiger partial charge < -0.3 is 5.32 Å². The van der Waals surface area contributed by atoms with Crippen molar-refractivity contribution in [2.45, 2.75) is 25.8 Å². The molecule has 0 amide bonds. The number of rotatable bonds is 4. The lowest BCUT2D eigenvalue weighted by atomic mass is 10.2. The summed E-state index contributed by atoms with van der Waals surface area (Å²) in [6.07, 6.45) is 7.23. The van der Waals surface area contributed by atoms with Gasteiger partial charge in [0.05, 0.1) is 6.04 Å². The topological polar surface area (TPSA) is 37.8 Å². The summed E-state index contributed by atoms with van der Waals surface area (Å²) in [5.74, 6) is 3.18. The first-order valence-corrected chi connectivity index (χ1v) is 5.34. The number of hydrogen-bond acceptors (Lipinski definition) is 3. The van der Waals surface area contributed by atoms with Crippen LogP contribution in [0, 0.1) is 12.3 Å². The first-order chi connectivity index (χ1) is 7.15. The van der Waals surface area contributed by atoms with Gasteiger partial charge in [-0.2, -0.15) is 0 Å². The largest absolute Gasteiger partial charge is 0.356 e. The Bertz CT molecular complexity index is 353. The Morgan fingerprint density at radius 2 is 2.27 bits per heavy atom. The number of nitrogens with zero attached hydrogens (tertiary/aromatic N) is 2. The number of halogens is 2. The van der Waals surface area contributed by atoms with Gasteiger partial charge in [-0.15, -0.1) is 6.42 Å². The Balaban J connectivity index is 2.75. The summed E-state index contributed by atoms with van der Waals surface area (Å²) in [7, 11) is 0. The van der Waals surface area contributed by atoms with Gasteiger partial charge in [-0.25, -0.2) is 9.97 Å². The van der Waals surface area contributed by atoms with Crippen molar-refractivity contribution in [2.75, 3.05) is 5.32 Å². The van der Waals surface area contributed by atoms with E-state index in [0.717, 1.165) is 12.8 Å². The van der Waals surface area contributed by atoms with Gasteiger partial charge in [0.2, 0.25) is 5.28 Å². The van der Waals surface area contributed by atoms with Crippen LogP contribution >= 0.6 is 23.2 Å². The fraction of sp³-hybridized carbons (Fsp3) is 0.400. The van der Waals surface area contributed by atoms with Gasteiger partial charge in [0.1, 0.15) is 11.0 Å². The molecule has 0 radical (unpaired) electrons. The summed E-state index contributed by atoms with van der Waals surface area (Å²) in [6.45, 7) is 2.06. The van der Waals surface area contributed by atoms with Gasteiger partial charge >= 0.3 is 0 Å². The molecule has 0 saturated carbocycles. The Kier molecular flexibility index (Phi) is 4.67. The van der Waals surface area contributed by atoms with E-state index in [1.165, 1.54) is 0 Å². The molecule has 0 saturated heterocycles. The van der Waals surface area contributed by atoms with Crippen LogP contribution in [0.1, 0.15) is 19.8 Å². The summed E-state index contributed by atoms with van der Waals surface area (Å²) in [6, 6.07) is 1.53. The third kappa shape index (κ3) is 3.94. The van der Waals surface area contributed by atoms with E-state index in [4.69, 9.17) is 29.6 Å². The van der Waals surface area contributed by atoms with Crippen LogP contribution in [-0.2, 0) is 0 Å². The van der Waals surface area contributed by atoms with E-state index in [2.05, 4.69) is 28.1 Å². The predicted molar refractivity (Wildman–Crippen MR) is 63.2 cm³/mol. The zero-order valence-electron chi connectivity index (χ0n) is 8.30. The zero-order valence-corrected chi connectivity index (χ0v) is 9.81. The lowest BCUT2D eigenvalue weighted by molar-refractivity contribution is 0.752. The van der Waals surface area contributed by atoms with Crippen LogP contribution in [0.25, 0.3) is 0 Å². The van der Waals surface area contributed by atoms with Gasteiger partial charge in [-0.3, -0.25) is 0 Å². The van der Waals surface area contributed by atoms with Crippen LogP contribution in [-0.4, -0.2) is 16.0 Å². The highest BCUT2D eigenvalue weighted by Gasteiger charge is 2.06. The first kappa shape index (κ1) is 12.1. The van der Waals surface area contributed by atoms with Crippen LogP contribution in [0.4, 0.5) is 5.82 Å². The molecule has 0 fully saturated rings. The van der Waals surface area contributed by atoms with Crippen molar-refractivity contribution in [3.8, 4) is 12.3 Å². The summed E-state index contributed by atoms with van der Waals surface area (Å²) in [4.78, 5) is 7.71. The Morgan fingerprint density at radius 1 is 1.53 bits per heavy atom. The number of hydrogen-bond donors (Lipinski definition) is 1. The second-order valence-corrected chi connectivity index (χ2v) is 3.72. The van der Waals surface area contributed by atoms with Crippen molar-refractivity contribution < 1.29 is 0 Å². The SMILES string of the molecule is C#CC(CCC)Nc1cc(Cl)nc(Cl)n1. The molecule has 0 spiro atoms. The van der Waals surface area contributed by atoms with Crippen molar-refractivity contribution in [3.63, 3.8) is 0 Å². The molecule has 80 valence electrons. The maximum absolute atomic E-state index is 5.73. The van der Waals surface area contributed by atoms with Crippen LogP contribution in [0.5, 0.6) is 0 Å². The molecule has 1 atom stereocenters. The molecule has 1 aromatic rings. The quantitative estimate of drug-likeness (QED) is 0.502. The van der Waals surface area contributed by atoms with E-state index in [9.17, 15) is 0 Å². The highest BCUT2D eigenvalue weighted by atomic mass is 35.5. The summed E-state index contributed by atoms with van der Waals surface area (Å²) in [5.41, 5.74) is 0. The monoisotopic (exact) mass is 243 g/mol. The molecule has 5 heteroatoms. The zero-order chi connectivity index (χ0) is 11.3. The predicted octanol–water partition coefficient (Wildman–Crippen LogP) is 3.00. The molecule has 0 aromatic carbocycles. The molecule has 15 heavy (non-hydrogen) atoms. The Labute approximate surface area is 99.2 Å². The maximum atomic E-state index is 5.73. The highest BCUT2D eigenvalue weighted by Crippen LogP contribution is 2.15. The smallest absolute Gasteiger partial charge is 0.225 e. The average Bonchev–Trinajstić information content (AvgIpc) is 2.15. The summed E-state index contributed by atoms with van der Waals surface area (Å²) in [5, 5.41) is 3.46. The van der Waals surface area contributed by atoms with Gasteiger partial charge in [0.25, 0.3) is 0 Å². The standard InChI is InChI=1S/C10H11Cl2N3/c1-3-5-7(4-2)13-9-6-8(11)14-10(12)15-9/h2,6-7H,3,5H2,1H3,(H,13,14,15). The van der Waals surface area contributed by atoms with Crippen molar-refractivity contribution >= 4 is 29.0 Å². The van der Waals surface area contributed by atoms with Crippen LogP contribution in [0.15, 0.2) is 6.07 Å². The molecule has 0 aliphatic rings. The summed E-state index contributed by atoms with van der Waals surface area (Å²) >= 11 is 11.4. The van der Waals surface area contributed by atoms with Crippen molar-refractivity contribution in [3.05, 3.63) is 16.5 Å². The molecule has 0 aliphatic carbocycles. The van der Waals surface area contributed by atoms with Gasteiger partial charge in [-0.05, 0) is 18.0 Å². The second kappa shape index (κ2) is 5.79. The lowest BCUT2D eigenvalue weighted by Crippen LogP contribution is -2.17. The molecular formula is C10H11Cl2N3. The van der Waals surface area contributed by atoms with Crippen LogP contribution in [0.2, 0.25) is 10.4 Å². The van der Waals surface area contributed by atoms with Crippen molar-refractivity contribution in [1.29, 1.82) is 0 Å². The third-order valence-corrected chi connectivity index (χ3v) is 2.13. The van der Waals surface area contributed by atoms with Crippen molar-refractivity contribution in [1.82, 2.24) is 9.97 Å². The number of anilines is 1. The van der Waals surface area contributed by atoms with E-state index < -0.39 is 0 Å². The molecule has 3 nitrogen and oxygen atoms in total. The lowest BCUT2D eigenvalue weighted by Gasteiger charge is -2.12. The van der Waals surface area contributed by atoms with Gasteiger partial charge in [-0.1, -0.05) is 30.9 Å². The van der Waals surface area contributed by atoms with Crippen LogP contribution < -0.4 is 5.32 Å². The van der Waals surface area contributed by atoms with Gasteiger partial charge in [0.15, 0.2) is 0 Å². The van der Waals surface area contributed by atoms with Gasteiger partial charge in [0, 0.05) is 6.07 Å². The van der Waals surface area contributed by atoms with E-state index in [-0.39, 0.29) is 11.3 Å². The minimum atomic E-state index is -0.0583. The van der Waals surface area contributed by atoms with Crippen molar-refractivity contribution in [2.24, 2.45) is 0 Å². The molecule has 1 unspecified atom stereocenters. The molecular weight excluding hydrogens is 233 g/mol. The minimum Gasteiger partial charge on any atom is -0.356 e. The van der Waals surface area contributed by atoms with E-state index in [1.54, 1.807) is 6.07 Å². The normalized spacial score (nSPS) is 11.9. The maximum Gasteiger partial charge on any atom is 0.225 e. The van der Waals surface area contributed by atoms with E-state index in [1.807, 2.05) is 0 Å². The molecule has 1 rings (SSSR count). The minimum absolute atomic E-state index is 0.0583. The summed E-state index contributed by atoms with van der Waals surface area (Å²) < 4.78 is 0. The first-order valence-electron chi connectivity index (χ1n) is 4.58.